The molecular weight excluding hydrogens is 414 g/mol. The van der Waals surface area contributed by atoms with Crippen molar-refractivity contribution in [3.05, 3.63) is 40.9 Å². The van der Waals surface area contributed by atoms with Crippen LogP contribution >= 0.6 is 11.6 Å². The van der Waals surface area contributed by atoms with Gasteiger partial charge in [0.2, 0.25) is 10.0 Å². The summed E-state index contributed by atoms with van der Waals surface area (Å²) in [6.07, 6.45) is 0. The molecule has 29 heavy (non-hydrogen) atoms. The molecular formula is C19H24ClN5O3S. The Hall–Kier alpha value is -1.94. The highest BCUT2D eigenvalue weighted by molar-refractivity contribution is 7.89. The van der Waals surface area contributed by atoms with Gasteiger partial charge in [0.25, 0.3) is 0 Å². The summed E-state index contributed by atoms with van der Waals surface area (Å²) < 4.78 is 32.9. The lowest BCUT2D eigenvalue weighted by atomic mass is 10.2. The van der Waals surface area contributed by atoms with E-state index >= 15 is 0 Å². The molecule has 0 spiro atoms. The molecule has 8 nitrogen and oxygen atoms in total. The van der Waals surface area contributed by atoms with Crippen LogP contribution < -0.4 is 9.80 Å². The number of halogens is 1. The summed E-state index contributed by atoms with van der Waals surface area (Å²) >= 11 is 6.02. The molecule has 2 aliphatic rings. The molecule has 0 unspecified atom stereocenters. The van der Waals surface area contributed by atoms with E-state index < -0.39 is 10.0 Å². The molecule has 3 heterocycles. The van der Waals surface area contributed by atoms with Gasteiger partial charge in [0, 0.05) is 44.3 Å². The molecule has 1 aromatic heterocycles. The molecule has 4 rings (SSSR count). The summed E-state index contributed by atoms with van der Waals surface area (Å²) in [5, 5.41) is 9.12. The van der Waals surface area contributed by atoms with E-state index in [1.165, 1.54) is 10.4 Å². The molecule has 0 bridgehead atoms. The Morgan fingerprint density at radius 2 is 1.48 bits per heavy atom. The fourth-order valence-electron chi connectivity index (χ4n) is 3.60. The monoisotopic (exact) mass is 437 g/mol. The van der Waals surface area contributed by atoms with Gasteiger partial charge in [-0.3, -0.25) is 0 Å². The second-order valence-corrected chi connectivity index (χ2v) is 9.49. The number of aryl methyl sites for hydroxylation is 1. The second-order valence-electron chi connectivity index (χ2n) is 7.15. The number of hydrogen-bond donors (Lipinski definition) is 0. The molecule has 1 aromatic carbocycles. The first-order valence-corrected chi connectivity index (χ1v) is 11.4. The molecule has 2 saturated heterocycles. The maximum atomic E-state index is 13.0. The van der Waals surface area contributed by atoms with Gasteiger partial charge < -0.3 is 14.5 Å². The number of morpholine rings is 1. The largest absolute Gasteiger partial charge is 0.378 e. The van der Waals surface area contributed by atoms with Crippen molar-refractivity contribution in [3.63, 3.8) is 0 Å². The smallest absolute Gasteiger partial charge is 0.243 e. The van der Waals surface area contributed by atoms with Crippen molar-refractivity contribution >= 4 is 33.3 Å². The van der Waals surface area contributed by atoms with Crippen molar-refractivity contribution in [2.45, 2.75) is 11.8 Å². The highest BCUT2D eigenvalue weighted by Crippen LogP contribution is 2.25. The number of anilines is 2. The standard InChI is InChI=1S/C19H24ClN5O3S/c1-15-2-3-16(20)14-17(15)29(26,27)25-8-6-23(7-9-25)18-4-5-19(22-21-18)24-10-12-28-13-11-24/h2-5,14H,6-13H2,1H3. The molecule has 0 amide bonds. The first-order valence-electron chi connectivity index (χ1n) is 9.63. The van der Waals surface area contributed by atoms with E-state index in [2.05, 4.69) is 20.0 Å². The molecule has 0 atom stereocenters. The number of sulfonamides is 1. The van der Waals surface area contributed by atoms with Gasteiger partial charge >= 0.3 is 0 Å². The predicted octanol–water partition coefficient (Wildman–Crippen LogP) is 1.79. The number of hydrogen-bond acceptors (Lipinski definition) is 7. The number of aromatic nitrogens is 2. The van der Waals surface area contributed by atoms with Crippen molar-refractivity contribution < 1.29 is 13.2 Å². The van der Waals surface area contributed by atoms with E-state index in [1.807, 2.05) is 12.1 Å². The van der Waals surface area contributed by atoms with Crippen LogP contribution in [0.15, 0.2) is 35.2 Å². The summed E-state index contributed by atoms with van der Waals surface area (Å²) in [5.74, 6) is 1.60. The Labute approximate surface area is 176 Å². The van der Waals surface area contributed by atoms with Gasteiger partial charge in [-0.1, -0.05) is 17.7 Å². The van der Waals surface area contributed by atoms with Crippen LogP contribution in [-0.2, 0) is 14.8 Å². The van der Waals surface area contributed by atoms with Gasteiger partial charge in [-0.05, 0) is 36.8 Å². The Bertz CT molecular complexity index is 956. The van der Waals surface area contributed by atoms with Crippen molar-refractivity contribution in [1.82, 2.24) is 14.5 Å². The highest BCUT2D eigenvalue weighted by Gasteiger charge is 2.30. The van der Waals surface area contributed by atoms with E-state index in [9.17, 15) is 8.42 Å². The lowest BCUT2D eigenvalue weighted by molar-refractivity contribution is 0.122. The minimum Gasteiger partial charge on any atom is -0.378 e. The van der Waals surface area contributed by atoms with Gasteiger partial charge in [-0.25, -0.2) is 8.42 Å². The minimum absolute atomic E-state index is 0.271. The molecule has 10 heteroatoms. The number of ether oxygens (including phenoxy) is 1. The zero-order valence-corrected chi connectivity index (χ0v) is 17.9. The Kier molecular flexibility index (Phi) is 5.91. The average Bonchev–Trinajstić information content (AvgIpc) is 2.76. The maximum absolute atomic E-state index is 13.0. The van der Waals surface area contributed by atoms with E-state index in [4.69, 9.17) is 16.3 Å². The zero-order chi connectivity index (χ0) is 20.4. The predicted molar refractivity (Wildman–Crippen MR) is 112 cm³/mol. The molecule has 156 valence electrons. The maximum Gasteiger partial charge on any atom is 0.243 e. The third-order valence-corrected chi connectivity index (χ3v) is 7.58. The normalized spacial score (nSPS) is 18.8. The number of piperazine rings is 1. The SMILES string of the molecule is Cc1ccc(Cl)cc1S(=O)(=O)N1CCN(c2ccc(N3CCOCC3)nn2)CC1. The summed E-state index contributed by atoms with van der Waals surface area (Å²) in [4.78, 5) is 4.48. The van der Waals surface area contributed by atoms with Crippen LogP contribution in [0.4, 0.5) is 11.6 Å². The van der Waals surface area contributed by atoms with E-state index in [1.54, 1.807) is 19.1 Å². The fraction of sp³-hybridized carbons (Fsp3) is 0.474. The van der Waals surface area contributed by atoms with Gasteiger partial charge in [0.1, 0.15) is 0 Å². The fourth-order valence-corrected chi connectivity index (χ4v) is 5.51. The van der Waals surface area contributed by atoms with Crippen LogP contribution in [0.2, 0.25) is 5.02 Å². The van der Waals surface area contributed by atoms with Crippen LogP contribution in [0.5, 0.6) is 0 Å². The van der Waals surface area contributed by atoms with E-state index in [0.29, 0.717) is 50.0 Å². The quantitative estimate of drug-likeness (QED) is 0.721. The van der Waals surface area contributed by atoms with Gasteiger partial charge in [-0.2, -0.15) is 4.31 Å². The molecule has 0 N–H and O–H groups in total. The van der Waals surface area contributed by atoms with Crippen molar-refractivity contribution in [2.24, 2.45) is 0 Å². The van der Waals surface area contributed by atoms with Crippen molar-refractivity contribution in [1.29, 1.82) is 0 Å². The van der Waals surface area contributed by atoms with Gasteiger partial charge in [0.15, 0.2) is 11.6 Å². The Morgan fingerprint density at radius 3 is 2.07 bits per heavy atom. The lowest BCUT2D eigenvalue weighted by Crippen LogP contribution is -2.49. The topological polar surface area (TPSA) is 78.9 Å². The van der Waals surface area contributed by atoms with Crippen LogP contribution in [0.25, 0.3) is 0 Å². The average molecular weight is 438 g/mol. The summed E-state index contributed by atoms with van der Waals surface area (Å²) in [6, 6.07) is 8.87. The Morgan fingerprint density at radius 1 is 0.897 bits per heavy atom. The molecule has 2 aromatic rings. The highest BCUT2D eigenvalue weighted by atomic mass is 35.5. The minimum atomic E-state index is -3.57. The number of rotatable bonds is 4. The Balaban J connectivity index is 1.42. The van der Waals surface area contributed by atoms with Crippen LogP contribution in [-0.4, -0.2) is 75.4 Å². The van der Waals surface area contributed by atoms with Crippen LogP contribution in [0, 0.1) is 6.92 Å². The molecule has 0 radical (unpaired) electrons. The summed E-state index contributed by atoms with van der Waals surface area (Å²) in [5.41, 5.74) is 0.696. The molecule has 2 aliphatic heterocycles. The second kappa shape index (κ2) is 8.43. The third kappa shape index (κ3) is 4.32. The summed E-state index contributed by atoms with van der Waals surface area (Å²) in [7, 11) is -3.57. The number of benzene rings is 1. The molecule has 2 fully saturated rings. The van der Waals surface area contributed by atoms with Gasteiger partial charge in [0.05, 0.1) is 18.1 Å². The third-order valence-electron chi connectivity index (χ3n) is 5.30. The zero-order valence-electron chi connectivity index (χ0n) is 16.3. The van der Waals surface area contributed by atoms with Crippen LogP contribution in [0.1, 0.15) is 5.56 Å². The first-order chi connectivity index (χ1) is 13.9. The number of nitrogens with zero attached hydrogens (tertiary/aromatic N) is 5. The lowest BCUT2D eigenvalue weighted by Gasteiger charge is -2.35. The molecule has 0 saturated carbocycles. The first kappa shape index (κ1) is 20.3. The summed E-state index contributed by atoms with van der Waals surface area (Å²) in [6.45, 7) is 6.71. The van der Waals surface area contributed by atoms with Crippen LogP contribution in [0.3, 0.4) is 0 Å². The van der Waals surface area contributed by atoms with E-state index in [-0.39, 0.29) is 4.90 Å². The van der Waals surface area contributed by atoms with Gasteiger partial charge in [-0.15, -0.1) is 10.2 Å². The molecule has 0 aliphatic carbocycles. The van der Waals surface area contributed by atoms with Crippen molar-refractivity contribution in [2.75, 3.05) is 62.3 Å². The van der Waals surface area contributed by atoms with Crippen molar-refractivity contribution in [3.8, 4) is 0 Å². The van der Waals surface area contributed by atoms with E-state index in [0.717, 1.165) is 24.7 Å².